The van der Waals surface area contributed by atoms with Crippen molar-refractivity contribution >= 4 is 23.8 Å². The number of carbonyl (C=O) groups is 4. The molecule has 7 heterocycles. The van der Waals surface area contributed by atoms with E-state index < -0.39 is 17.8 Å². The Bertz CT molecular complexity index is 894. The predicted molar refractivity (Wildman–Crippen MR) is 143 cm³/mol. The lowest BCUT2D eigenvalue weighted by molar-refractivity contribution is -0.883. The van der Waals surface area contributed by atoms with E-state index in [1.807, 2.05) is 0 Å². The minimum atomic E-state index is -1.13. The number of fused-ring (bicyclic) bond motifs is 7. The number of carboxylic acid groups (broad SMARTS) is 1. The number of nitrogens with one attached hydrogen (secondary N) is 2. The molecule has 8 atom stereocenters. The van der Waals surface area contributed by atoms with E-state index in [4.69, 9.17) is 9.47 Å². The van der Waals surface area contributed by atoms with Gasteiger partial charge in [0.05, 0.1) is 75.4 Å². The van der Waals surface area contributed by atoms with Crippen molar-refractivity contribution < 1.29 is 43.4 Å². The van der Waals surface area contributed by atoms with E-state index in [-0.39, 0.29) is 69.0 Å². The second kappa shape index (κ2) is 13.7. The number of quaternary nitrogens is 1. The van der Waals surface area contributed by atoms with Gasteiger partial charge in [0.2, 0.25) is 5.91 Å². The van der Waals surface area contributed by atoms with Crippen LogP contribution < -0.4 is 15.3 Å². The lowest BCUT2D eigenvalue weighted by atomic mass is 9.78. The van der Waals surface area contributed by atoms with Crippen LogP contribution in [0.15, 0.2) is 0 Å². The van der Waals surface area contributed by atoms with Gasteiger partial charge < -0.3 is 44.1 Å². The zero-order valence-electron chi connectivity index (χ0n) is 22.3. The van der Waals surface area contributed by atoms with Gasteiger partial charge in [-0.3, -0.25) is 14.4 Å². The smallest absolute Gasteiger partial charge is 0.320 e. The maximum Gasteiger partial charge on any atom is 0.320 e. The molecule has 12 nitrogen and oxygen atoms in total. The number of aliphatic carboxylic acids is 1. The topological polar surface area (TPSA) is 142 Å². The number of hydrogen-bond donors (Lipinski definition) is 2. The Morgan fingerprint density at radius 3 is 1.77 bits per heavy atom. The van der Waals surface area contributed by atoms with Gasteiger partial charge in [-0.15, -0.1) is 0 Å². The summed E-state index contributed by atoms with van der Waals surface area (Å²) in [6.07, 6.45) is 2.71. The fourth-order valence-electron chi connectivity index (χ4n) is 6.90. The molecule has 4 bridgehead atoms. The molecule has 228 valence electrons. The van der Waals surface area contributed by atoms with Crippen molar-refractivity contribution in [3.05, 3.63) is 0 Å². The summed E-state index contributed by atoms with van der Waals surface area (Å²) in [7, 11) is 4.26. The first-order valence-corrected chi connectivity index (χ1v) is 14.0. The standard InChI is InChI=1S/C13H20N2O4.C8H8O4.C5H12N2.2CH4/c1-14-4-6-15(7-5-14)12(16)10-8-2-3-9(19-8)11(10)13(17)18;9-7-5-3-1-2-4(11-3)6(5)8(10)12-7;1-7-4-2-6-3-5-7;;/h8-11H,2-7H2,1H3,(H,17,18);3-6H,1-2H2;6H,2-5H2,1H3;2*1H4/t8-,9+,10?,11?;3-,4+,5?,6?;;;/m0..../s1. The van der Waals surface area contributed by atoms with Crippen LogP contribution in [0.5, 0.6) is 0 Å². The number of carbonyl (C=O) groups excluding carboxylic acids is 4. The highest BCUT2D eigenvalue weighted by molar-refractivity contribution is 5.97. The van der Waals surface area contributed by atoms with Crippen LogP contribution in [0.25, 0.3) is 0 Å². The monoisotopic (exact) mass is 568 g/mol. The highest BCUT2D eigenvalue weighted by atomic mass is 16.6. The normalized spacial score (nSPS) is 37.7. The molecular weight excluding hydrogens is 520 g/mol. The summed E-state index contributed by atoms with van der Waals surface area (Å²) in [4.78, 5) is 51.6. The van der Waals surface area contributed by atoms with E-state index in [0.29, 0.717) is 13.1 Å². The number of cyclic esters (lactones) is 2. The second-order valence-corrected chi connectivity index (χ2v) is 11.6. The molecule has 7 fully saturated rings. The third-order valence-electron chi connectivity index (χ3n) is 9.12. The molecule has 2 N–H and O–H groups in total. The summed E-state index contributed by atoms with van der Waals surface area (Å²) in [5.41, 5.74) is 0. The average Bonchev–Trinajstić information content (AvgIpc) is 3.73. The summed E-state index contributed by atoms with van der Waals surface area (Å²) in [6.45, 7) is 8.00. The van der Waals surface area contributed by atoms with E-state index in [9.17, 15) is 24.3 Å². The van der Waals surface area contributed by atoms with Crippen LogP contribution in [0.3, 0.4) is 0 Å². The first-order valence-electron chi connectivity index (χ1n) is 14.0. The summed E-state index contributed by atoms with van der Waals surface area (Å²) < 4.78 is 15.6. The lowest BCUT2D eigenvalue weighted by Crippen LogP contribution is -3.12. The first-order chi connectivity index (χ1) is 18.2. The van der Waals surface area contributed by atoms with Gasteiger partial charge in [0.15, 0.2) is 0 Å². The van der Waals surface area contributed by atoms with Crippen molar-refractivity contribution in [3.63, 3.8) is 0 Å². The molecule has 0 saturated carbocycles. The molecule has 0 aromatic heterocycles. The second-order valence-electron chi connectivity index (χ2n) is 11.6. The molecule has 12 heteroatoms. The molecule has 0 radical (unpaired) electrons. The van der Waals surface area contributed by atoms with Crippen molar-refractivity contribution in [2.75, 3.05) is 66.5 Å². The molecule has 7 saturated heterocycles. The number of piperazine rings is 2. The van der Waals surface area contributed by atoms with Crippen LogP contribution in [0.1, 0.15) is 40.5 Å². The molecule has 7 rings (SSSR count). The van der Waals surface area contributed by atoms with Gasteiger partial charge in [0, 0.05) is 38.1 Å². The Morgan fingerprint density at radius 2 is 1.30 bits per heavy atom. The van der Waals surface area contributed by atoms with Crippen molar-refractivity contribution in [2.24, 2.45) is 23.7 Å². The minimum Gasteiger partial charge on any atom is -0.550 e. The molecule has 0 aromatic carbocycles. The molecule has 4 unspecified atom stereocenters. The maximum absolute atomic E-state index is 12.6. The zero-order valence-corrected chi connectivity index (χ0v) is 22.3. The van der Waals surface area contributed by atoms with Crippen molar-refractivity contribution in [1.29, 1.82) is 0 Å². The van der Waals surface area contributed by atoms with Gasteiger partial charge in [-0.25, -0.2) is 0 Å². The van der Waals surface area contributed by atoms with Crippen LogP contribution in [-0.2, 0) is 33.4 Å². The molecule has 0 aliphatic carbocycles. The largest absolute Gasteiger partial charge is 0.550 e. The van der Waals surface area contributed by atoms with Gasteiger partial charge in [-0.05, 0) is 32.7 Å². The van der Waals surface area contributed by atoms with Crippen LogP contribution in [0, 0.1) is 23.7 Å². The number of ether oxygens (including phenoxy) is 3. The molecule has 0 spiro atoms. The molecule has 0 aromatic rings. The number of nitrogens with zero attached hydrogens (tertiary/aromatic N) is 2. The van der Waals surface area contributed by atoms with Crippen molar-refractivity contribution in [2.45, 2.75) is 65.0 Å². The van der Waals surface area contributed by atoms with Gasteiger partial charge >= 0.3 is 11.9 Å². The number of esters is 2. The summed E-state index contributed by atoms with van der Waals surface area (Å²) in [5.74, 6) is -3.78. The van der Waals surface area contributed by atoms with E-state index in [1.165, 1.54) is 18.0 Å². The van der Waals surface area contributed by atoms with Gasteiger partial charge in [0.25, 0.3) is 0 Å². The molecule has 7 aliphatic heterocycles. The highest BCUT2D eigenvalue weighted by Gasteiger charge is 2.61. The van der Waals surface area contributed by atoms with Crippen molar-refractivity contribution in [1.82, 2.24) is 15.1 Å². The number of carboxylic acids is 1. The minimum absolute atomic E-state index is 0. The first kappa shape index (κ1) is 32.4. The van der Waals surface area contributed by atoms with Gasteiger partial charge in [-0.1, -0.05) is 14.9 Å². The highest BCUT2D eigenvalue weighted by Crippen LogP contribution is 2.47. The Labute approximate surface area is 237 Å². The number of hydrogen-bond acceptors (Lipinski definition) is 10. The van der Waals surface area contributed by atoms with Crippen LogP contribution >= 0.6 is 0 Å². The Morgan fingerprint density at radius 1 is 0.825 bits per heavy atom. The Balaban J connectivity index is 0.000000180. The number of rotatable bonds is 2. The third-order valence-corrected chi connectivity index (χ3v) is 9.12. The maximum atomic E-state index is 12.6. The zero-order chi connectivity index (χ0) is 27.0. The van der Waals surface area contributed by atoms with Crippen molar-refractivity contribution in [3.8, 4) is 0 Å². The third kappa shape index (κ3) is 6.51. The van der Waals surface area contributed by atoms with E-state index in [1.54, 1.807) is 4.90 Å². The summed E-state index contributed by atoms with van der Waals surface area (Å²) >= 11 is 0. The molecule has 1 amide bonds. The quantitative estimate of drug-likeness (QED) is 0.272. The van der Waals surface area contributed by atoms with E-state index >= 15 is 0 Å². The summed E-state index contributed by atoms with van der Waals surface area (Å²) in [6, 6.07) is 0. The van der Waals surface area contributed by atoms with Gasteiger partial charge in [-0.2, -0.15) is 0 Å². The van der Waals surface area contributed by atoms with Crippen LogP contribution in [0.4, 0.5) is 0 Å². The van der Waals surface area contributed by atoms with Gasteiger partial charge in [0.1, 0.15) is 0 Å². The SMILES string of the molecule is C.C.CN1CCNCC1.C[NH+]1CCN(C(=O)C2C(C(=O)[O-])[C@H]3CC[C@@H]2O3)CC1.O=C1OC(=O)C2C1[C@@H]1CC[C@H]2O1. The van der Waals surface area contributed by atoms with E-state index in [2.05, 4.69) is 29.0 Å². The fraction of sp³-hybridized carbons (Fsp3) is 0.857. The number of likely N-dealkylation sites (N-methyl/N-ethyl adjacent to an activating group) is 2. The molecular formula is C28H48N4O8. The van der Waals surface area contributed by atoms with E-state index in [0.717, 1.165) is 51.9 Å². The Hall–Kier alpha value is -2.12. The number of amides is 1. The Kier molecular flexibility index (Phi) is 11.1. The lowest BCUT2D eigenvalue weighted by Gasteiger charge is -2.35. The van der Waals surface area contributed by atoms with Crippen LogP contribution in [-0.4, -0.2) is 124 Å². The molecule has 40 heavy (non-hydrogen) atoms. The average molecular weight is 569 g/mol. The predicted octanol–water partition coefficient (Wildman–Crippen LogP) is -2.46. The fourth-order valence-corrected chi connectivity index (χ4v) is 6.90. The van der Waals surface area contributed by atoms with Crippen LogP contribution in [0.2, 0.25) is 0 Å². The summed E-state index contributed by atoms with van der Waals surface area (Å²) in [5, 5.41) is 14.5. The molecule has 7 aliphatic rings.